The molecule has 0 fully saturated rings. The summed E-state index contributed by atoms with van der Waals surface area (Å²) in [5.41, 5.74) is 4.83. The van der Waals surface area contributed by atoms with E-state index in [1.54, 1.807) is 0 Å². The zero-order valence-corrected chi connectivity index (χ0v) is 5.12. The molecule has 0 aliphatic carbocycles. The van der Waals surface area contributed by atoms with E-state index >= 15 is 0 Å². The van der Waals surface area contributed by atoms with Crippen LogP contribution in [0.4, 0.5) is 9.18 Å². The molecule has 0 aromatic carbocycles. The zero-order valence-electron chi connectivity index (χ0n) is 5.12. The first-order valence-electron chi connectivity index (χ1n) is 2.63. The van der Waals surface area contributed by atoms with Crippen molar-refractivity contribution in [2.75, 3.05) is 6.67 Å². The van der Waals surface area contributed by atoms with E-state index < -0.39 is 11.9 Å². The first-order valence-corrected chi connectivity index (χ1v) is 2.63. The number of halogens is 1. The first-order chi connectivity index (χ1) is 4.70. The molecule has 0 saturated heterocycles. The summed E-state index contributed by atoms with van der Waals surface area (Å²) in [5, 5.41) is 0. The van der Waals surface area contributed by atoms with Crippen LogP contribution < -0.4 is 5.73 Å². The highest BCUT2D eigenvalue weighted by Gasteiger charge is 2.09. The van der Waals surface area contributed by atoms with Gasteiger partial charge in [-0.15, -0.1) is 0 Å². The molecule has 1 aliphatic rings. The van der Waals surface area contributed by atoms with Crippen molar-refractivity contribution in [1.82, 2.24) is 4.90 Å². The van der Waals surface area contributed by atoms with Gasteiger partial charge in [-0.05, 0) is 0 Å². The number of carbonyl (C=O) groups is 1. The van der Waals surface area contributed by atoms with Gasteiger partial charge < -0.3 is 5.73 Å². The van der Waals surface area contributed by atoms with Crippen LogP contribution >= 0.6 is 0 Å². The maximum atomic E-state index is 12.3. The molecule has 1 rings (SSSR count). The zero-order chi connectivity index (χ0) is 7.56. The van der Waals surface area contributed by atoms with Crippen molar-refractivity contribution >= 4 is 12.2 Å². The molecule has 2 N–H and O–H groups in total. The predicted octanol–water partition coefficient (Wildman–Crippen LogP) is 0.220. The van der Waals surface area contributed by atoms with Gasteiger partial charge >= 0.3 is 6.03 Å². The fourth-order valence-electron chi connectivity index (χ4n) is 0.572. The number of aliphatic imine (C=N–C) groups is 1. The summed E-state index contributed by atoms with van der Waals surface area (Å²) in [4.78, 5) is 14.9. The lowest BCUT2D eigenvalue weighted by molar-refractivity contribution is 0.224. The Balaban J connectivity index is 2.69. The maximum absolute atomic E-state index is 12.3. The van der Waals surface area contributed by atoms with Crippen LogP contribution in [0, 0.1) is 0 Å². The van der Waals surface area contributed by atoms with Gasteiger partial charge in [0.25, 0.3) is 0 Å². The molecular formula is C5H6FN3O. The summed E-state index contributed by atoms with van der Waals surface area (Å²) in [7, 11) is 0. The minimum absolute atomic E-state index is 0.1000. The number of allylic oxidation sites excluding steroid dienone is 1. The normalized spacial score (nSPS) is 16.9. The molecule has 54 valence electrons. The molecule has 0 spiro atoms. The molecule has 0 atom stereocenters. The summed E-state index contributed by atoms with van der Waals surface area (Å²) in [6.45, 7) is 0.1000. The van der Waals surface area contributed by atoms with Crippen molar-refractivity contribution < 1.29 is 9.18 Å². The average molecular weight is 143 g/mol. The lowest BCUT2D eigenvalue weighted by Gasteiger charge is -2.14. The Hall–Kier alpha value is -1.39. The molecule has 2 amide bonds. The number of carbonyl (C=O) groups excluding carboxylic acids is 1. The van der Waals surface area contributed by atoms with Crippen LogP contribution in [0.3, 0.4) is 0 Å². The molecule has 0 radical (unpaired) electrons. The number of nitrogens with two attached hydrogens (primary N) is 1. The molecule has 0 unspecified atom stereocenters. The van der Waals surface area contributed by atoms with Crippen molar-refractivity contribution in [1.29, 1.82) is 0 Å². The molecular weight excluding hydrogens is 137 g/mol. The number of nitrogens with zero attached hydrogens (tertiary/aromatic N) is 2. The topological polar surface area (TPSA) is 58.7 Å². The standard InChI is InChI=1S/C5H6FN3O/c6-4-1-8-3-9(2-4)5(7)10/h1-2H,3H2,(H2,7,10). The Morgan fingerprint density at radius 2 is 2.60 bits per heavy atom. The smallest absolute Gasteiger partial charge is 0.320 e. The van der Waals surface area contributed by atoms with Crippen molar-refractivity contribution in [3.8, 4) is 0 Å². The minimum Gasteiger partial charge on any atom is -0.351 e. The van der Waals surface area contributed by atoms with Gasteiger partial charge in [-0.25, -0.2) is 9.18 Å². The van der Waals surface area contributed by atoms with E-state index in [-0.39, 0.29) is 6.67 Å². The molecule has 4 nitrogen and oxygen atoms in total. The highest BCUT2D eigenvalue weighted by atomic mass is 19.1. The molecule has 1 aliphatic heterocycles. The van der Waals surface area contributed by atoms with Crippen LogP contribution in [-0.2, 0) is 0 Å². The van der Waals surface area contributed by atoms with E-state index in [9.17, 15) is 9.18 Å². The fourth-order valence-corrected chi connectivity index (χ4v) is 0.572. The average Bonchev–Trinajstić information content (AvgIpc) is 1.88. The van der Waals surface area contributed by atoms with Gasteiger partial charge in [0.2, 0.25) is 0 Å². The Morgan fingerprint density at radius 1 is 1.90 bits per heavy atom. The molecule has 0 saturated carbocycles. The van der Waals surface area contributed by atoms with E-state index in [4.69, 9.17) is 5.73 Å². The summed E-state index contributed by atoms with van der Waals surface area (Å²) in [6, 6.07) is -0.702. The van der Waals surface area contributed by atoms with Crippen LogP contribution in [-0.4, -0.2) is 23.8 Å². The second-order valence-electron chi connectivity index (χ2n) is 1.78. The molecule has 0 bridgehead atoms. The Morgan fingerprint density at radius 3 is 3.00 bits per heavy atom. The number of hydrogen-bond donors (Lipinski definition) is 1. The van der Waals surface area contributed by atoms with Crippen LogP contribution in [0.5, 0.6) is 0 Å². The summed E-state index contributed by atoms with van der Waals surface area (Å²) in [5.74, 6) is -0.565. The number of primary amides is 1. The third-order valence-electron chi connectivity index (χ3n) is 1.01. The van der Waals surface area contributed by atoms with Gasteiger partial charge in [-0.1, -0.05) is 0 Å². The monoisotopic (exact) mass is 143 g/mol. The summed E-state index contributed by atoms with van der Waals surface area (Å²) >= 11 is 0. The second-order valence-corrected chi connectivity index (χ2v) is 1.78. The predicted molar refractivity (Wildman–Crippen MR) is 34.0 cm³/mol. The highest BCUT2D eigenvalue weighted by Crippen LogP contribution is 2.02. The van der Waals surface area contributed by atoms with E-state index in [1.807, 2.05) is 0 Å². The van der Waals surface area contributed by atoms with Crippen LogP contribution in [0.25, 0.3) is 0 Å². The number of hydrogen-bond acceptors (Lipinski definition) is 2. The summed E-state index contributed by atoms with van der Waals surface area (Å²) < 4.78 is 12.3. The van der Waals surface area contributed by atoms with Crippen molar-refractivity contribution in [2.24, 2.45) is 10.7 Å². The second kappa shape index (κ2) is 2.47. The molecule has 5 heteroatoms. The van der Waals surface area contributed by atoms with Gasteiger partial charge in [0.15, 0.2) is 5.83 Å². The molecule has 0 aromatic heterocycles. The van der Waals surface area contributed by atoms with E-state index in [0.717, 1.165) is 17.3 Å². The van der Waals surface area contributed by atoms with Gasteiger partial charge in [0.05, 0.1) is 6.21 Å². The molecule has 10 heavy (non-hydrogen) atoms. The Kier molecular flexibility index (Phi) is 1.66. The van der Waals surface area contributed by atoms with Crippen molar-refractivity contribution in [3.63, 3.8) is 0 Å². The van der Waals surface area contributed by atoms with Gasteiger partial charge in [0.1, 0.15) is 6.67 Å². The third kappa shape index (κ3) is 1.31. The lowest BCUT2D eigenvalue weighted by Crippen LogP contribution is -2.32. The van der Waals surface area contributed by atoms with Crippen LogP contribution in [0.15, 0.2) is 17.0 Å². The highest BCUT2D eigenvalue weighted by molar-refractivity contribution is 5.80. The van der Waals surface area contributed by atoms with E-state index in [1.165, 1.54) is 0 Å². The Labute approximate surface area is 56.8 Å². The number of urea groups is 1. The van der Waals surface area contributed by atoms with Crippen molar-refractivity contribution in [3.05, 3.63) is 12.0 Å². The maximum Gasteiger partial charge on any atom is 0.320 e. The summed E-state index contributed by atoms with van der Waals surface area (Å²) in [6.07, 6.45) is 2.05. The minimum atomic E-state index is -0.702. The van der Waals surface area contributed by atoms with Gasteiger partial charge in [-0.3, -0.25) is 9.89 Å². The van der Waals surface area contributed by atoms with Gasteiger partial charge in [0, 0.05) is 6.20 Å². The van der Waals surface area contributed by atoms with E-state index in [2.05, 4.69) is 4.99 Å². The molecule has 1 heterocycles. The number of amides is 2. The third-order valence-corrected chi connectivity index (χ3v) is 1.01. The first kappa shape index (κ1) is 6.73. The quantitative estimate of drug-likeness (QED) is 0.518. The lowest BCUT2D eigenvalue weighted by atomic mass is 10.5. The largest absolute Gasteiger partial charge is 0.351 e. The van der Waals surface area contributed by atoms with Crippen LogP contribution in [0.1, 0.15) is 0 Å². The van der Waals surface area contributed by atoms with E-state index in [0.29, 0.717) is 0 Å². The van der Waals surface area contributed by atoms with Gasteiger partial charge in [-0.2, -0.15) is 0 Å². The molecule has 0 aromatic rings. The van der Waals surface area contributed by atoms with Crippen LogP contribution in [0.2, 0.25) is 0 Å². The van der Waals surface area contributed by atoms with Crippen molar-refractivity contribution in [2.45, 2.75) is 0 Å². The fraction of sp³-hybridized carbons (Fsp3) is 0.200. The number of rotatable bonds is 0. The SMILES string of the molecule is NC(=O)N1C=C(F)C=NC1. The Bertz CT molecular complexity index is 211.